The molecule has 0 unspecified atom stereocenters. The molecule has 4 nitrogen and oxygen atoms in total. The molecule has 0 saturated carbocycles. The fourth-order valence-corrected chi connectivity index (χ4v) is 3.13. The molecule has 26 heavy (non-hydrogen) atoms. The van der Waals surface area contributed by atoms with Gasteiger partial charge in [0.15, 0.2) is 11.6 Å². The number of imidazole rings is 1. The average Bonchev–Trinajstić information content (AvgIpc) is 3.24. The number of hydrogen-bond acceptors (Lipinski definition) is 3. The molecule has 0 N–H and O–H groups in total. The number of rotatable bonds is 2. The van der Waals surface area contributed by atoms with E-state index in [2.05, 4.69) is 9.97 Å². The molecule has 0 atom stereocenters. The molecule has 5 rings (SSSR count). The molecule has 0 aliphatic carbocycles. The van der Waals surface area contributed by atoms with Gasteiger partial charge >= 0.3 is 5.84 Å². The standard InChI is InChI=1S/C20H11F2N3O/c21-15-5-3-13(11-16(15)22)18-19(25-8-9-26-20(25)24-18)14-4-6-17-12(10-14)2-1-7-23-17/h1-11H. The van der Waals surface area contributed by atoms with E-state index in [1.165, 1.54) is 12.3 Å². The molecule has 0 spiro atoms. The lowest BCUT2D eigenvalue weighted by atomic mass is 10.0. The summed E-state index contributed by atoms with van der Waals surface area (Å²) >= 11 is 0. The Labute approximate surface area is 146 Å². The lowest BCUT2D eigenvalue weighted by Crippen LogP contribution is -1.90. The summed E-state index contributed by atoms with van der Waals surface area (Å²) in [5.41, 5.74) is 3.48. The number of aromatic nitrogens is 3. The number of pyridine rings is 1. The van der Waals surface area contributed by atoms with E-state index < -0.39 is 11.6 Å². The van der Waals surface area contributed by atoms with Gasteiger partial charge < -0.3 is 4.42 Å². The normalized spacial score (nSPS) is 11.5. The van der Waals surface area contributed by atoms with Crippen LogP contribution in [0.15, 0.2) is 71.6 Å². The van der Waals surface area contributed by atoms with E-state index in [0.29, 0.717) is 17.1 Å². The Hall–Kier alpha value is -3.54. The van der Waals surface area contributed by atoms with Gasteiger partial charge in [0.2, 0.25) is 0 Å². The summed E-state index contributed by atoms with van der Waals surface area (Å²) in [6, 6.07) is 13.4. The summed E-state index contributed by atoms with van der Waals surface area (Å²) in [6.07, 6.45) is 5.01. The van der Waals surface area contributed by atoms with Gasteiger partial charge in [-0.05, 0) is 36.4 Å². The topological polar surface area (TPSA) is 43.3 Å². The summed E-state index contributed by atoms with van der Waals surface area (Å²) in [6.45, 7) is 0. The van der Waals surface area contributed by atoms with Gasteiger partial charge in [0, 0.05) is 28.9 Å². The molecule has 2 aromatic carbocycles. The molecule has 0 amide bonds. The fraction of sp³-hybridized carbons (Fsp3) is 0. The first-order chi connectivity index (χ1) is 12.7. The van der Waals surface area contributed by atoms with Gasteiger partial charge in [-0.2, -0.15) is 4.98 Å². The number of oxazole rings is 1. The molecule has 0 radical (unpaired) electrons. The first-order valence-electron chi connectivity index (χ1n) is 7.97. The Morgan fingerprint density at radius 2 is 1.81 bits per heavy atom. The monoisotopic (exact) mass is 347 g/mol. The van der Waals surface area contributed by atoms with E-state index in [-0.39, 0.29) is 0 Å². The molecule has 3 aromatic heterocycles. The molecule has 5 aromatic rings. The highest BCUT2D eigenvalue weighted by Gasteiger charge is 2.19. The van der Waals surface area contributed by atoms with E-state index in [9.17, 15) is 8.78 Å². The van der Waals surface area contributed by atoms with Crippen molar-refractivity contribution < 1.29 is 13.2 Å². The molecule has 0 saturated heterocycles. The van der Waals surface area contributed by atoms with Crippen molar-refractivity contribution in [3.8, 4) is 22.5 Å². The number of benzene rings is 2. The van der Waals surface area contributed by atoms with Gasteiger partial charge in [0.25, 0.3) is 0 Å². The Balaban J connectivity index is 1.80. The third-order valence-electron chi connectivity index (χ3n) is 4.33. The van der Waals surface area contributed by atoms with Gasteiger partial charge in [-0.3, -0.25) is 9.38 Å². The predicted octanol–water partition coefficient (Wildman–Crippen LogP) is 5.09. The third-order valence-corrected chi connectivity index (χ3v) is 4.33. The molecular weight excluding hydrogens is 336 g/mol. The van der Waals surface area contributed by atoms with Crippen LogP contribution in [0.1, 0.15) is 0 Å². The van der Waals surface area contributed by atoms with Crippen LogP contribution in [0.25, 0.3) is 39.3 Å². The largest absolute Gasteiger partial charge is 0.432 e. The minimum atomic E-state index is -0.916. The minimum absolute atomic E-state index is 0.381. The van der Waals surface area contributed by atoms with Gasteiger partial charge in [-0.1, -0.05) is 12.1 Å². The van der Waals surface area contributed by atoms with Crippen LogP contribution >= 0.6 is 0 Å². The van der Waals surface area contributed by atoms with Gasteiger partial charge in [-0.15, -0.1) is 0 Å². The molecule has 6 heteroatoms. The highest BCUT2D eigenvalue weighted by atomic mass is 19.2. The Morgan fingerprint density at radius 3 is 2.69 bits per heavy atom. The van der Waals surface area contributed by atoms with Crippen LogP contribution in [0.2, 0.25) is 0 Å². The summed E-state index contributed by atoms with van der Waals surface area (Å²) in [7, 11) is 0. The molecule has 0 aliphatic heterocycles. The lowest BCUT2D eigenvalue weighted by molar-refractivity contribution is 0.509. The van der Waals surface area contributed by atoms with Gasteiger partial charge in [0.05, 0.1) is 11.2 Å². The highest BCUT2D eigenvalue weighted by Crippen LogP contribution is 2.34. The summed E-state index contributed by atoms with van der Waals surface area (Å²) in [5.74, 6) is -1.43. The van der Waals surface area contributed by atoms with Crippen molar-refractivity contribution >= 4 is 16.7 Å². The summed E-state index contributed by atoms with van der Waals surface area (Å²) < 4.78 is 34.3. The molecule has 0 fully saturated rings. The quantitative estimate of drug-likeness (QED) is 0.447. The van der Waals surface area contributed by atoms with Crippen LogP contribution in [0, 0.1) is 11.6 Å². The van der Waals surface area contributed by atoms with Crippen molar-refractivity contribution in [2.45, 2.75) is 0 Å². The van der Waals surface area contributed by atoms with Crippen LogP contribution in [0.3, 0.4) is 0 Å². The van der Waals surface area contributed by atoms with Crippen molar-refractivity contribution in [3.63, 3.8) is 0 Å². The van der Waals surface area contributed by atoms with Crippen LogP contribution in [-0.2, 0) is 0 Å². The molecule has 0 bridgehead atoms. The van der Waals surface area contributed by atoms with Gasteiger partial charge in [0.1, 0.15) is 12.0 Å². The van der Waals surface area contributed by atoms with E-state index in [1.807, 2.05) is 30.3 Å². The fourth-order valence-electron chi connectivity index (χ4n) is 3.13. The average molecular weight is 347 g/mol. The lowest BCUT2D eigenvalue weighted by Gasteiger charge is -2.06. The Morgan fingerprint density at radius 1 is 0.923 bits per heavy atom. The second-order valence-corrected chi connectivity index (χ2v) is 5.90. The Kier molecular flexibility index (Phi) is 3.12. The number of fused-ring (bicyclic) bond motifs is 2. The van der Waals surface area contributed by atoms with Crippen molar-refractivity contribution in [3.05, 3.63) is 78.8 Å². The van der Waals surface area contributed by atoms with Gasteiger partial charge in [-0.25, -0.2) is 8.78 Å². The van der Waals surface area contributed by atoms with Crippen molar-refractivity contribution in [1.82, 2.24) is 14.4 Å². The number of halogens is 2. The van der Waals surface area contributed by atoms with E-state index >= 15 is 0 Å². The molecule has 0 aliphatic rings. The van der Waals surface area contributed by atoms with Crippen molar-refractivity contribution in [2.24, 2.45) is 0 Å². The second kappa shape index (κ2) is 5.49. The molecule has 126 valence electrons. The minimum Gasteiger partial charge on any atom is -0.432 e. The zero-order valence-corrected chi connectivity index (χ0v) is 13.4. The maximum absolute atomic E-state index is 13.7. The Bertz CT molecular complexity index is 1270. The number of nitrogens with zero attached hydrogens (tertiary/aromatic N) is 3. The third kappa shape index (κ3) is 2.19. The zero-order valence-electron chi connectivity index (χ0n) is 13.4. The summed E-state index contributed by atoms with van der Waals surface area (Å²) in [4.78, 5) is 8.79. The van der Waals surface area contributed by atoms with Crippen LogP contribution in [0.5, 0.6) is 0 Å². The van der Waals surface area contributed by atoms with Crippen LogP contribution in [-0.4, -0.2) is 14.4 Å². The van der Waals surface area contributed by atoms with E-state index in [1.54, 1.807) is 16.8 Å². The number of hydrogen-bond donors (Lipinski definition) is 0. The maximum Gasteiger partial charge on any atom is 0.306 e. The SMILES string of the molecule is Fc1ccc(-c2nc3occn3c2-c2ccc3ncccc3c2)cc1F. The highest BCUT2D eigenvalue weighted by molar-refractivity contribution is 5.88. The molecule has 3 heterocycles. The van der Waals surface area contributed by atoms with Crippen molar-refractivity contribution in [2.75, 3.05) is 0 Å². The smallest absolute Gasteiger partial charge is 0.306 e. The zero-order chi connectivity index (χ0) is 17.7. The first-order valence-corrected chi connectivity index (χ1v) is 7.97. The van der Waals surface area contributed by atoms with Crippen molar-refractivity contribution in [1.29, 1.82) is 0 Å². The van der Waals surface area contributed by atoms with E-state index in [0.717, 1.165) is 34.3 Å². The van der Waals surface area contributed by atoms with Crippen LogP contribution in [0.4, 0.5) is 8.78 Å². The second-order valence-electron chi connectivity index (χ2n) is 5.90. The van der Waals surface area contributed by atoms with Crippen LogP contribution < -0.4 is 0 Å². The summed E-state index contributed by atoms with van der Waals surface area (Å²) in [5, 5.41) is 0.972. The maximum atomic E-state index is 13.7. The predicted molar refractivity (Wildman–Crippen MR) is 93.5 cm³/mol. The van der Waals surface area contributed by atoms with E-state index in [4.69, 9.17) is 4.42 Å². The first kappa shape index (κ1) is 14.8. The molecular formula is C20H11F2N3O.